The van der Waals surface area contributed by atoms with Crippen molar-refractivity contribution in [3.05, 3.63) is 34.2 Å². The number of carboxylic acid groups (broad SMARTS) is 1. The molecule has 1 N–H and O–H groups in total. The van der Waals surface area contributed by atoms with Crippen LogP contribution in [0.15, 0.2) is 23.0 Å². The van der Waals surface area contributed by atoms with Crippen molar-refractivity contribution in [3.63, 3.8) is 0 Å². The van der Waals surface area contributed by atoms with E-state index in [0.717, 1.165) is 6.26 Å². The number of ether oxygens (including phenoxy) is 1. The smallest absolute Gasteiger partial charge is 0.303 e. The molecule has 118 valence electrons. The first-order valence-corrected chi connectivity index (χ1v) is 8.11. The summed E-state index contributed by atoms with van der Waals surface area (Å²) in [5.41, 5.74) is -0.569. The quantitative estimate of drug-likeness (QED) is 0.836. The molecule has 1 aromatic heterocycles. The number of hydrogen-bond donors (Lipinski definition) is 1. The molecule has 1 aromatic carbocycles. The van der Waals surface area contributed by atoms with E-state index in [1.807, 2.05) is 0 Å². The molecule has 0 saturated carbocycles. The van der Waals surface area contributed by atoms with Crippen molar-refractivity contribution in [2.45, 2.75) is 12.8 Å². The molecule has 0 bridgehead atoms. The minimum absolute atomic E-state index is 0.00790. The molecule has 8 nitrogen and oxygen atoms in total. The lowest BCUT2D eigenvalue weighted by atomic mass is 10.1. The van der Waals surface area contributed by atoms with Gasteiger partial charge in [0.05, 0.1) is 30.9 Å². The van der Waals surface area contributed by atoms with Crippen LogP contribution in [0.5, 0.6) is 5.75 Å². The zero-order valence-electron chi connectivity index (χ0n) is 11.9. The van der Waals surface area contributed by atoms with E-state index >= 15 is 0 Å². The van der Waals surface area contributed by atoms with Gasteiger partial charge in [-0.05, 0) is 18.2 Å². The van der Waals surface area contributed by atoms with Crippen LogP contribution >= 0.6 is 0 Å². The summed E-state index contributed by atoms with van der Waals surface area (Å²) < 4.78 is 28.8. The molecule has 0 aliphatic heterocycles. The van der Waals surface area contributed by atoms with E-state index in [2.05, 4.69) is 5.10 Å². The normalized spacial score (nSPS) is 11.5. The summed E-state index contributed by atoms with van der Waals surface area (Å²) in [5, 5.41) is 13.1. The third kappa shape index (κ3) is 3.08. The number of fused-ring (bicyclic) bond motifs is 1. The molecule has 2 rings (SSSR count). The molecule has 0 spiro atoms. The first kappa shape index (κ1) is 16.0. The maximum Gasteiger partial charge on any atom is 0.303 e. The largest absolute Gasteiger partial charge is 0.497 e. The van der Waals surface area contributed by atoms with Crippen LogP contribution in [-0.4, -0.2) is 42.0 Å². The lowest BCUT2D eigenvalue weighted by Gasteiger charge is -2.10. The number of nitrogens with zero attached hydrogens (tertiary/aromatic N) is 2. The molecular formula is C13H14N2O6S. The van der Waals surface area contributed by atoms with Gasteiger partial charge in [0, 0.05) is 11.8 Å². The molecular weight excluding hydrogens is 312 g/mol. The molecule has 22 heavy (non-hydrogen) atoms. The van der Waals surface area contributed by atoms with E-state index < -0.39 is 21.6 Å². The third-order valence-electron chi connectivity index (χ3n) is 3.04. The molecule has 1 heterocycles. The lowest BCUT2D eigenvalue weighted by Crippen LogP contribution is -2.30. The van der Waals surface area contributed by atoms with Gasteiger partial charge < -0.3 is 9.84 Å². The highest BCUT2D eigenvalue weighted by Gasteiger charge is 2.17. The number of benzene rings is 1. The van der Waals surface area contributed by atoms with E-state index in [-0.39, 0.29) is 23.9 Å². The van der Waals surface area contributed by atoms with Crippen molar-refractivity contribution in [2.75, 3.05) is 13.4 Å². The molecule has 0 atom stereocenters. The number of aryl methyl sites for hydroxylation is 1. The van der Waals surface area contributed by atoms with Gasteiger partial charge in [0.25, 0.3) is 15.6 Å². The van der Waals surface area contributed by atoms with Crippen molar-refractivity contribution in [3.8, 4) is 5.75 Å². The topological polar surface area (TPSA) is 116 Å². The Bertz CT molecular complexity index is 901. The summed E-state index contributed by atoms with van der Waals surface area (Å²) in [6.07, 6.45) is 0.637. The summed E-state index contributed by atoms with van der Waals surface area (Å²) in [6, 6.07) is 4.57. The number of methoxy groups -OCH3 is 1. The molecule has 0 radical (unpaired) electrons. The number of rotatable bonds is 5. The standard InChI is InChI=1S/C13H14N2O6S/c1-21-8-3-4-9-10(7-8)13(18)15(22(2,19)20)14-11(9)5-6-12(16)17/h3-4,7H,5-6H2,1-2H3,(H,16,17). The van der Waals surface area contributed by atoms with E-state index in [9.17, 15) is 18.0 Å². The van der Waals surface area contributed by atoms with E-state index in [4.69, 9.17) is 9.84 Å². The van der Waals surface area contributed by atoms with Crippen LogP contribution in [0, 0.1) is 0 Å². The fourth-order valence-corrected chi connectivity index (χ4v) is 2.67. The molecule has 9 heteroatoms. The minimum atomic E-state index is -3.90. The Morgan fingerprint density at radius 2 is 2.05 bits per heavy atom. The maximum atomic E-state index is 12.3. The first-order valence-electron chi connectivity index (χ1n) is 6.26. The van der Waals surface area contributed by atoms with Crippen LogP contribution in [0.3, 0.4) is 0 Å². The number of hydrogen-bond acceptors (Lipinski definition) is 6. The summed E-state index contributed by atoms with van der Waals surface area (Å²) in [6.45, 7) is 0. The van der Waals surface area contributed by atoms with E-state index in [1.54, 1.807) is 12.1 Å². The van der Waals surface area contributed by atoms with Gasteiger partial charge in [0.1, 0.15) is 5.75 Å². The monoisotopic (exact) mass is 326 g/mol. The maximum absolute atomic E-state index is 12.3. The second-order valence-corrected chi connectivity index (χ2v) is 6.47. The molecule has 0 amide bonds. The second-order valence-electron chi connectivity index (χ2n) is 4.66. The van der Waals surface area contributed by atoms with Gasteiger partial charge in [0.15, 0.2) is 0 Å². The fourth-order valence-electron chi connectivity index (χ4n) is 2.03. The van der Waals surface area contributed by atoms with Crippen molar-refractivity contribution < 1.29 is 23.1 Å². The van der Waals surface area contributed by atoms with Crippen LogP contribution in [0.25, 0.3) is 10.8 Å². The van der Waals surface area contributed by atoms with Gasteiger partial charge in [-0.3, -0.25) is 9.59 Å². The Morgan fingerprint density at radius 1 is 1.36 bits per heavy atom. The molecule has 0 aliphatic carbocycles. The number of carboxylic acids is 1. The van der Waals surface area contributed by atoms with Gasteiger partial charge in [-0.1, -0.05) is 0 Å². The second kappa shape index (κ2) is 5.76. The third-order valence-corrected chi connectivity index (χ3v) is 3.92. The first-order chi connectivity index (χ1) is 10.2. The Kier molecular flexibility index (Phi) is 4.18. The van der Waals surface area contributed by atoms with Crippen LogP contribution in [0.2, 0.25) is 0 Å². The highest BCUT2D eigenvalue weighted by Crippen LogP contribution is 2.21. The molecule has 0 fully saturated rings. The molecule has 0 unspecified atom stereocenters. The molecule has 0 aliphatic rings. The van der Waals surface area contributed by atoms with E-state index in [0.29, 0.717) is 15.2 Å². The predicted molar refractivity (Wildman–Crippen MR) is 78.8 cm³/mol. The van der Waals surface area contributed by atoms with Gasteiger partial charge in [-0.2, -0.15) is 5.10 Å². The van der Waals surface area contributed by atoms with Gasteiger partial charge in [0.2, 0.25) is 0 Å². The van der Waals surface area contributed by atoms with Crippen molar-refractivity contribution >= 4 is 26.8 Å². The number of aliphatic carboxylic acids is 1. The average molecular weight is 326 g/mol. The summed E-state index contributed by atoms with van der Waals surface area (Å²) >= 11 is 0. The fraction of sp³-hybridized carbons (Fsp3) is 0.308. The Labute approximate surface area is 126 Å². The number of aromatic nitrogens is 2. The van der Waals surface area contributed by atoms with Crippen LogP contribution in [0.1, 0.15) is 12.1 Å². The zero-order chi connectivity index (χ0) is 16.5. The lowest BCUT2D eigenvalue weighted by molar-refractivity contribution is -0.136. The van der Waals surface area contributed by atoms with Crippen molar-refractivity contribution in [2.24, 2.45) is 0 Å². The van der Waals surface area contributed by atoms with Crippen molar-refractivity contribution in [1.82, 2.24) is 9.19 Å². The molecule has 0 saturated heterocycles. The summed E-state index contributed by atoms with van der Waals surface area (Å²) in [7, 11) is -2.48. The number of carbonyl (C=O) groups is 1. The summed E-state index contributed by atoms with van der Waals surface area (Å²) in [4.78, 5) is 23.0. The highest BCUT2D eigenvalue weighted by atomic mass is 32.2. The summed E-state index contributed by atoms with van der Waals surface area (Å²) in [5.74, 6) is -0.652. The predicted octanol–water partition coefficient (Wildman–Crippen LogP) is 0.230. The van der Waals surface area contributed by atoms with Gasteiger partial charge in [-0.25, -0.2) is 8.42 Å². The molecule has 2 aromatic rings. The van der Waals surface area contributed by atoms with E-state index in [1.165, 1.54) is 13.2 Å². The highest BCUT2D eigenvalue weighted by molar-refractivity contribution is 7.89. The average Bonchev–Trinajstić information content (AvgIpc) is 2.44. The van der Waals surface area contributed by atoms with Crippen LogP contribution in [0.4, 0.5) is 0 Å². The Morgan fingerprint density at radius 3 is 2.59 bits per heavy atom. The van der Waals surface area contributed by atoms with Crippen LogP contribution in [-0.2, 0) is 21.2 Å². The van der Waals surface area contributed by atoms with Crippen molar-refractivity contribution in [1.29, 1.82) is 0 Å². The Hall–Kier alpha value is -2.42. The minimum Gasteiger partial charge on any atom is -0.497 e. The SMILES string of the molecule is COc1ccc2c(CCC(=O)O)nn(S(C)(=O)=O)c(=O)c2c1. The zero-order valence-corrected chi connectivity index (χ0v) is 12.8. The Balaban J connectivity index is 2.80. The van der Waals surface area contributed by atoms with Crippen LogP contribution < -0.4 is 10.3 Å². The van der Waals surface area contributed by atoms with Gasteiger partial charge in [-0.15, -0.1) is 4.09 Å². The van der Waals surface area contributed by atoms with Gasteiger partial charge >= 0.3 is 5.97 Å².